The number of benzene rings is 1. The van der Waals surface area contributed by atoms with Crippen LogP contribution in [-0.4, -0.2) is 47.0 Å². The number of aromatic nitrogens is 3. The van der Waals surface area contributed by atoms with E-state index < -0.39 is 0 Å². The SMILES string of the molecule is COCCn1c(C(S)c2ccccc2C#N)nnc1C1CCCCN1C. The van der Waals surface area contributed by atoms with Gasteiger partial charge in [0, 0.05) is 13.7 Å². The van der Waals surface area contributed by atoms with E-state index in [1.54, 1.807) is 7.11 Å². The minimum Gasteiger partial charge on any atom is -0.383 e. The summed E-state index contributed by atoms with van der Waals surface area (Å²) in [4.78, 5) is 2.34. The molecule has 26 heavy (non-hydrogen) atoms. The topological polar surface area (TPSA) is 67.0 Å². The highest BCUT2D eigenvalue weighted by Crippen LogP contribution is 2.34. The molecular weight excluding hydrogens is 346 g/mol. The Morgan fingerprint density at radius 2 is 2.15 bits per heavy atom. The maximum absolute atomic E-state index is 9.42. The van der Waals surface area contributed by atoms with Gasteiger partial charge >= 0.3 is 0 Å². The smallest absolute Gasteiger partial charge is 0.150 e. The minimum absolute atomic E-state index is 0.258. The van der Waals surface area contributed by atoms with Crippen molar-refractivity contribution >= 4 is 12.6 Å². The van der Waals surface area contributed by atoms with Crippen molar-refractivity contribution in [3.8, 4) is 6.07 Å². The molecule has 2 aromatic rings. The van der Waals surface area contributed by atoms with E-state index in [2.05, 4.69) is 32.8 Å². The van der Waals surface area contributed by atoms with Gasteiger partial charge in [0.25, 0.3) is 0 Å². The summed E-state index contributed by atoms with van der Waals surface area (Å²) in [5.74, 6) is 1.73. The molecule has 2 heterocycles. The molecule has 1 aromatic carbocycles. The summed E-state index contributed by atoms with van der Waals surface area (Å²) >= 11 is 4.80. The van der Waals surface area contributed by atoms with Crippen LogP contribution in [0.25, 0.3) is 0 Å². The first kappa shape index (κ1) is 18.9. The summed E-state index contributed by atoms with van der Waals surface area (Å²) in [6.07, 6.45) is 3.49. The minimum atomic E-state index is -0.308. The number of hydrogen-bond acceptors (Lipinski definition) is 6. The van der Waals surface area contributed by atoms with Crippen LogP contribution in [0.1, 0.15) is 53.3 Å². The van der Waals surface area contributed by atoms with E-state index in [1.165, 1.54) is 12.8 Å². The lowest BCUT2D eigenvalue weighted by Gasteiger charge is -2.32. The zero-order valence-corrected chi connectivity index (χ0v) is 16.2. The number of nitriles is 1. The molecule has 3 rings (SSSR count). The molecule has 1 aliphatic rings. The van der Waals surface area contributed by atoms with E-state index >= 15 is 0 Å². The Hall–Kier alpha value is -1.88. The van der Waals surface area contributed by atoms with Crippen molar-refractivity contribution in [2.24, 2.45) is 0 Å². The Bertz CT molecular complexity index is 784. The van der Waals surface area contributed by atoms with Gasteiger partial charge in [-0.15, -0.1) is 10.2 Å². The van der Waals surface area contributed by atoms with Crippen LogP contribution in [0.5, 0.6) is 0 Å². The first-order chi connectivity index (χ1) is 12.7. The summed E-state index contributed by atoms with van der Waals surface area (Å²) < 4.78 is 7.43. The number of hydrogen-bond donors (Lipinski definition) is 1. The fraction of sp³-hybridized carbons (Fsp3) is 0.526. The lowest BCUT2D eigenvalue weighted by molar-refractivity contribution is 0.162. The molecule has 2 unspecified atom stereocenters. The molecule has 0 spiro atoms. The molecule has 138 valence electrons. The van der Waals surface area contributed by atoms with Crippen LogP contribution in [-0.2, 0) is 11.3 Å². The van der Waals surface area contributed by atoms with E-state index in [1.807, 2.05) is 24.3 Å². The van der Waals surface area contributed by atoms with Gasteiger partial charge in [0.15, 0.2) is 11.6 Å². The molecular formula is C19H25N5OS. The molecule has 6 nitrogen and oxygen atoms in total. The fourth-order valence-corrected chi connectivity index (χ4v) is 3.98. The number of likely N-dealkylation sites (tertiary alicyclic amines) is 1. The first-order valence-corrected chi connectivity index (χ1v) is 9.48. The molecule has 0 radical (unpaired) electrons. The Labute approximate surface area is 160 Å². The zero-order chi connectivity index (χ0) is 18.5. The van der Waals surface area contributed by atoms with E-state index in [0.29, 0.717) is 18.7 Å². The van der Waals surface area contributed by atoms with E-state index in [-0.39, 0.29) is 11.3 Å². The number of rotatable bonds is 6. The van der Waals surface area contributed by atoms with Gasteiger partial charge in [-0.1, -0.05) is 24.6 Å². The van der Waals surface area contributed by atoms with Crippen LogP contribution in [0.4, 0.5) is 0 Å². The zero-order valence-electron chi connectivity index (χ0n) is 15.3. The van der Waals surface area contributed by atoms with Crippen LogP contribution in [0.3, 0.4) is 0 Å². The standard InChI is InChI=1S/C19H25N5OS/c1-23-10-6-5-9-16(23)18-21-22-19(24(18)11-12-25-2)17(26)15-8-4-3-7-14(15)13-20/h3-4,7-8,16-17,26H,5-6,9-12H2,1-2H3. The Morgan fingerprint density at radius 1 is 1.35 bits per heavy atom. The van der Waals surface area contributed by atoms with Crippen molar-refractivity contribution in [1.82, 2.24) is 19.7 Å². The van der Waals surface area contributed by atoms with E-state index in [4.69, 9.17) is 17.4 Å². The second-order valence-electron chi connectivity index (χ2n) is 6.65. The summed E-state index contributed by atoms with van der Waals surface area (Å²) in [5.41, 5.74) is 1.47. The van der Waals surface area contributed by atoms with Crippen molar-refractivity contribution in [1.29, 1.82) is 5.26 Å². The number of ether oxygens (including phenoxy) is 1. The van der Waals surface area contributed by atoms with E-state index in [9.17, 15) is 5.26 Å². The molecule has 0 bridgehead atoms. The molecule has 1 aliphatic heterocycles. The quantitative estimate of drug-likeness (QED) is 0.791. The molecule has 7 heteroatoms. The number of thiol groups is 1. The van der Waals surface area contributed by atoms with Gasteiger partial charge in [0.2, 0.25) is 0 Å². The van der Waals surface area contributed by atoms with Gasteiger partial charge in [0.05, 0.1) is 29.5 Å². The van der Waals surface area contributed by atoms with E-state index in [0.717, 1.165) is 30.2 Å². The second kappa shape index (κ2) is 8.67. The third-order valence-corrected chi connectivity index (χ3v) is 5.53. The summed E-state index contributed by atoms with van der Waals surface area (Å²) in [7, 11) is 3.83. The average Bonchev–Trinajstić information content (AvgIpc) is 3.09. The molecule has 0 aliphatic carbocycles. The average molecular weight is 372 g/mol. The molecule has 0 N–H and O–H groups in total. The van der Waals surface area contributed by atoms with Gasteiger partial charge in [0.1, 0.15) is 0 Å². The fourth-order valence-electron chi connectivity index (χ4n) is 3.57. The van der Waals surface area contributed by atoms with Crippen LogP contribution >= 0.6 is 12.6 Å². The summed E-state index contributed by atoms with van der Waals surface area (Å²) in [5, 5.41) is 18.1. The van der Waals surface area contributed by atoms with Gasteiger partial charge < -0.3 is 9.30 Å². The number of nitrogens with zero attached hydrogens (tertiary/aromatic N) is 5. The summed E-state index contributed by atoms with van der Waals surface area (Å²) in [6.45, 7) is 2.32. The largest absolute Gasteiger partial charge is 0.383 e. The van der Waals surface area contributed by atoms with Crippen LogP contribution in [0.15, 0.2) is 24.3 Å². The van der Waals surface area contributed by atoms with Crippen LogP contribution in [0.2, 0.25) is 0 Å². The molecule has 0 amide bonds. The molecule has 1 aromatic heterocycles. The van der Waals surface area contributed by atoms with Crippen LogP contribution in [0, 0.1) is 11.3 Å². The van der Waals surface area contributed by atoms with Crippen molar-refractivity contribution in [2.75, 3.05) is 27.3 Å². The third kappa shape index (κ3) is 3.78. The predicted molar refractivity (Wildman–Crippen MR) is 103 cm³/mol. The number of piperidine rings is 1. The van der Waals surface area contributed by atoms with Crippen molar-refractivity contribution < 1.29 is 4.74 Å². The summed E-state index contributed by atoms with van der Waals surface area (Å²) in [6, 6.07) is 10.0. The first-order valence-electron chi connectivity index (χ1n) is 8.96. The third-order valence-electron chi connectivity index (χ3n) is 5.02. The normalized spacial score (nSPS) is 19.2. The van der Waals surface area contributed by atoms with Gasteiger partial charge in [-0.3, -0.25) is 4.90 Å². The highest BCUT2D eigenvalue weighted by atomic mass is 32.1. The van der Waals surface area contributed by atoms with Gasteiger partial charge in [-0.05, 0) is 38.1 Å². The Morgan fingerprint density at radius 3 is 2.88 bits per heavy atom. The highest BCUT2D eigenvalue weighted by Gasteiger charge is 2.29. The van der Waals surface area contributed by atoms with Gasteiger partial charge in [-0.25, -0.2) is 0 Å². The second-order valence-corrected chi connectivity index (χ2v) is 7.17. The lowest BCUT2D eigenvalue weighted by atomic mass is 10.0. The van der Waals surface area contributed by atoms with Crippen molar-refractivity contribution in [3.05, 3.63) is 47.0 Å². The van der Waals surface area contributed by atoms with Crippen molar-refractivity contribution in [2.45, 2.75) is 37.1 Å². The molecule has 1 fully saturated rings. The molecule has 2 atom stereocenters. The van der Waals surface area contributed by atoms with Gasteiger partial charge in [-0.2, -0.15) is 17.9 Å². The highest BCUT2D eigenvalue weighted by molar-refractivity contribution is 7.80. The Balaban J connectivity index is 2.00. The maximum atomic E-state index is 9.42. The van der Waals surface area contributed by atoms with Crippen molar-refractivity contribution in [3.63, 3.8) is 0 Å². The lowest BCUT2D eigenvalue weighted by Crippen LogP contribution is -2.32. The molecule has 1 saturated heterocycles. The molecule has 0 saturated carbocycles. The monoisotopic (exact) mass is 371 g/mol. The predicted octanol–water partition coefficient (Wildman–Crippen LogP) is 2.97. The number of methoxy groups -OCH3 is 1. The van der Waals surface area contributed by atoms with Crippen LogP contribution < -0.4 is 0 Å². The maximum Gasteiger partial charge on any atom is 0.150 e. The Kier molecular flexibility index (Phi) is 6.30.